The zero-order chi connectivity index (χ0) is 21.3. The lowest BCUT2D eigenvalue weighted by molar-refractivity contribution is -0.157. The standard InChI is InChI=1S/C27H46O3/c1-3-5-7-26(28)23-14-10-21(11-15-23)22-12-16-24(17-13-22)27(29)30-25-18-8-20(6-4-2)9-19-25/h20-25H,3-19H2,1-2H3. The van der Waals surface area contributed by atoms with Crippen LogP contribution in [0.25, 0.3) is 0 Å². The quantitative estimate of drug-likeness (QED) is 0.370. The molecule has 3 nitrogen and oxygen atoms in total. The molecule has 0 radical (unpaired) electrons. The maximum atomic E-state index is 12.7. The minimum absolute atomic E-state index is 0.0950. The summed E-state index contributed by atoms with van der Waals surface area (Å²) in [6.45, 7) is 4.43. The van der Waals surface area contributed by atoms with Crippen molar-refractivity contribution in [3.63, 3.8) is 0 Å². The van der Waals surface area contributed by atoms with Gasteiger partial charge in [0.25, 0.3) is 0 Å². The van der Waals surface area contributed by atoms with Crippen LogP contribution in [-0.4, -0.2) is 17.9 Å². The van der Waals surface area contributed by atoms with Crippen LogP contribution in [0.2, 0.25) is 0 Å². The van der Waals surface area contributed by atoms with E-state index in [1.165, 1.54) is 51.4 Å². The van der Waals surface area contributed by atoms with Crippen LogP contribution in [0, 0.1) is 29.6 Å². The van der Waals surface area contributed by atoms with Gasteiger partial charge in [0, 0.05) is 12.3 Å². The highest BCUT2D eigenvalue weighted by atomic mass is 16.5. The van der Waals surface area contributed by atoms with Crippen LogP contribution in [0.4, 0.5) is 0 Å². The molecule has 172 valence electrons. The smallest absolute Gasteiger partial charge is 0.309 e. The monoisotopic (exact) mass is 418 g/mol. The Labute approximate surface area is 185 Å². The molecule has 30 heavy (non-hydrogen) atoms. The first-order chi connectivity index (χ1) is 14.6. The highest BCUT2D eigenvalue weighted by molar-refractivity contribution is 5.81. The van der Waals surface area contributed by atoms with Crippen LogP contribution in [0.15, 0.2) is 0 Å². The zero-order valence-corrected chi connectivity index (χ0v) is 19.7. The summed E-state index contributed by atoms with van der Waals surface area (Å²) in [5.74, 6) is 3.50. The lowest BCUT2D eigenvalue weighted by atomic mass is 9.68. The van der Waals surface area contributed by atoms with Gasteiger partial charge in [-0.25, -0.2) is 0 Å². The summed E-state index contributed by atoms with van der Waals surface area (Å²) in [4.78, 5) is 25.0. The first-order valence-electron chi connectivity index (χ1n) is 13.3. The summed E-state index contributed by atoms with van der Waals surface area (Å²) in [6.07, 6.45) is 19.4. The van der Waals surface area contributed by atoms with Crippen LogP contribution in [-0.2, 0) is 14.3 Å². The van der Waals surface area contributed by atoms with Crippen molar-refractivity contribution in [2.45, 2.75) is 129 Å². The van der Waals surface area contributed by atoms with Crippen molar-refractivity contribution in [2.75, 3.05) is 0 Å². The van der Waals surface area contributed by atoms with Crippen LogP contribution in [0.1, 0.15) is 123 Å². The van der Waals surface area contributed by atoms with Gasteiger partial charge in [-0.1, -0.05) is 33.1 Å². The largest absolute Gasteiger partial charge is 0.462 e. The van der Waals surface area contributed by atoms with Crippen LogP contribution >= 0.6 is 0 Å². The van der Waals surface area contributed by atoms with Crippen LogP contribution < -0.4 is 0 Å². The lowest BCUT2D eigenvalue weighted by Gasteiger charge is -2.37. The Morgan fingerprint density at radius 2 is 1.27 bits per heavy atom. The zero-order valence-electron chi connectivity index (χ0n) is 19.7. The predicted molar refractivity (Wildman–Crippen MR) is 122 cm³/mol. The summed E-state index contributed by atoms with van der Waals surface area (Å²) in [5.41, 5.74) is 0. The normalized spacial score (nSPS) is 35.0. The summed E-state index contributed by atoms with van der Waals surface area (Å²) in [5, 5.41) is 0. The molecule has 0 unspecified atom stereocenters. The summed E-state index contributed by atoms with van der Waals surface area (Å²) in [6, 6.07) is 0. The van der Waals surface area contributed by atoms with Gasteiger partial charge in [-0.15, -0.1) is 0 Å². The molecule has 3 rings (SSSR count). The van der Waals surface area contributed by atoms with Crippen LogP contribution in [0.5, 0.6) is 0 Å². The van der Waals surface area contributed by atoms with E-state index in [4.69, 9.17) is 4.74 Å². The van der Waals surface area contributed by atoms with Crippen LogP contribution in [0.3, 0.4) is 0 Å². The third-order valence-electron chi connectivity index (χ3n) is 8.55. The van der Waals surface area contributed by atoms with Gasteiger partial charge >= 0.3 is 5.97 Å². The summed E-state index contributed by atoms with van der Waals surface area (Å²) in [7, 11) is 0. The number of hydrogen-bond donors (Lipinski definition) is 0. The van der Waals surface area contributed by atoms with E-state index in [9.17, 15) is 9.59 Å². The van der Waals surface area contributed by atoms with Gasteiger partial charge in [-0.3, -0.25) is 9.59 Å². The highest BCUT2D eigenvalue weighted by Crippen LogP contribution is 2.42. The topological polar surface area (TPSA) is 43.4 Å². The van der Waals surface area contributed by atoms with Crippen molar-refractivity contribution in [3.8, 4) is 0 Å². The number of ether oxygens (including phenoxy) is 1. The molecule has 0 saturated heterocycles. The second kappa shape index (κ2) is 12.2. The molecule has 3 aliphatic rings. The summed E-state index contributed by atoms with van der Waals surface area (Å²) >= 11 is 0. The molecule has 0 aliphatic heterocycles. The molecule has 3 aliphatic carbocycles. The average molecular weight is 419 g/mol. The Kier molecular flexibility index (Phi) is 9.71. The van der Waals surface area contributed by atoms with Crippen molar-refractivity contribution in [2.24, 2.45) is 29.6 Å². The van der Waals surface area contributed by atoms with Gasteiger partial charge in [0.15, 0.2) is 0 Å². The van der Waals surface area contributed by atoms with Crippen molar-refractivity contribution in [1.82, 2.24) is 0 Å². The highest BCUT2D eigenvalue weighted by Gasteiger charge is 2.35. The average Bonchev–Trinajstić information content (AvgIpc) is 2.79. The first-order valence-corrected chi connectivity index (χ1v) is 13.3. The molecule has 0 aromatic carbocycles. The molecule has 0 N–H and O–H groups in total. The Morgan fingerprint density at radius 1 is 0.700 bits per heavy atom. The Hall–Kier alpha value is -0.860. The Balaban J connectivity index is 1.33. The number of hydrogen-bond acceptors (Lipinski definition) is 3. The molecule has 0 aromatic rings. The number of ketones is 1. The SMILES string of the molecule is CCCCC(=O)C1CCC(C2CCC(C(=O)OC3CCC(CCC)CC3)CC2)CC1. The number of rotatable bonds is 9. The Bertz CT molecular complexity index is 518. The molecule has 0 atom stereocenters. The number of carbonyl (C=O) groups excluding carboxylic acids is 2. The maximum Gasteiger partial charge on any atom is 0.309 e. The van der Waals surface area contributed by atoms with E-state index in [1.54, 1.807) is 0 Å². The molecule has 0 aromatic heterocycles. The minimum Gasteiger partial charge on any atom is -0.462 e. The van der Waals surface area contributed by atoms with E-state index < -0.39 is 0 Å². The third kappa shape index (κ3) is 6.82. The fourth-order valence-electron chi connectivity index (χ4n) is 6.50. The van der Waals surface area contributed by atoms with Crippen molar-refractivity contribution >= 4 is 11.8 Å². The number of carbonyl (C=O) groups is 2. The van der Waals surface area contributed by atoms with E-state index in [1.807, 2.05) is 0 Å². The number of Topliss-reactive ketones (excluding diaryl/α,β-unsaturated/α-hetero) is 1. The molecule has 3 fully saturated rings. The predicted octanol–water partition coefficient (Wildman–Crippen LogP) is 7.26. The molecule has 3 saturated carbocycles. The van der Waals surface area contributed by atoms with E-state index >= 15 is 0 Å². The molecule has 0 bridgehead atoms. The van der Waals surface area contributed by atoms with E-state index in [0.717, 1.165) is 75.5 Å². The Morgan fingerprint density at radius 3 is 1.80 bits per heavy atom. The number of unbranched alkanes of at least 4 members (excludes halogenated alkanes) is 1. The second-order valence-electron chi connectivity index (χ2n) is 10.7. The van der Waals surface area contributed by atoms with Gasteiger partial charge in [-0.05, 0) is 101 Å². The van der Waals surface area contributed by atoms with Gasteiger partial charge in [0.2, 0.25) is 0 Å². The number of esters is 1. The van der Waals surface area contributed by atoms with Gasteiger partial charge in [0.1, 0.15) is 11.9 Å². The molecule has 0 spiro atoms. The van der Waals surface area contributed by atoms with Crippen molar-refractivity contribution in [1.29, 1.82) is 0 Å². The van der Waals surface area contributed by atoms with Gasteiger partial charge in [0.05, 0.1) is 5.92 Å². The minimum atomic E-state index is 0.0950. The fourth-order valence-corrected chi connectivity index (χ4v) is 6.50. The van der Waals surface area contributed by atoms with Gasteiger partial charge in [-0.2, -0.15) is 0 Å². The van der Waals surface area contributed by atoms with Crippen molar-refractivity contribution < 1.29 is 14.3 Å². The van der Waals surface area contributed by atoms with E-state index in [2.05, 4.69) is 13.8 Å². The lowest BCUT2D eigenvalue weighted by Crippen LogP contribution is -2.32. The second-order valence-corrected chi connectivity index (χ2v) is 10.7. The third-order valence-corrected chi connectivity index (χ3v) is 8.55. The molecule has 3 heteroatoms. The molecular weight excluding hydrogens is 372 g/mol. The van der Waals surface area contributed by atoms with Gasteiger partial charge < -0.3 is 4.74 Å². The molecule has 0 heterocycles. The van der Waals surface area contributed by atoms with E-state index in [-0.39, 0.29) is 18.0 Å². The summed E-state index contributed by atoms with van der Waals surface area (Å²) < 4.78 is 5.93. The first kappa shape index (κ1) is 23.8. The van der Waals surface area contributed by atoms with E-state index in [0.29, 0.717) is 11.7 Å². The fraction of sp³-hybridized carbons (Fsp3) is 0.926. The maximum absolute atomic E-state index is 12.7. The molecular formula is C27H46O3. The molecule has 0 amide bonds. The van der Waals surface area contributed by atoms with Crippen molar-refractivity contribution in [3.05, 3.63) is 0 Å².